The summed E-state index contributed by atoms with van der Waals surface area (Å²) in [4.78, 5) is 0.987. The molecule has 1 heterocycles. The molecule has 0 aliphatic carbocycles. The van der Waals surface area contributed by atoms with E-state index >= 15 is 0 Å². The van der Waals surface area contributed by atoms with Crippen LogP contribution in [0.2, 0.25) is 0 Å². The molecule has 0 saturated heterocycles. The molecule has 1 nitrogen and oxygen atoms in total. The van der Waals surface area contributed by atoms with E-state index in [1.165, 1.54) is 5.39 Å². The van der Waals surface area contributed by atoms with Crippen LogP contribution in [0, 0.1) is 0 Å². The molecule has 17 heavy (non-hydrogen) atoms. The third-order valence-electron chi connectivity index (χ3n) is 2.93. The van der Waals surface area contributed by atoms with Gasteiger partial charge in [-0.05, 0) is 27.8 Å². The van der Waals surface area contributed by atoms with Crippen molar-refractivity contribution in [2.45, 2.75) is 6.10 Å². The van der Waals surface area contributed by atoms with E-state index in [2.05, 4.69) is 18.2 Å². The lowest BCUT2D eigenvalue weighted by atomic mass is 10.00. The number of benzene rings is 2. The van der Waals surface area contributed by atoms with Gasteiger partial charge in [-0.1, -0.05) is 48.5 Å². The first-order valence-electron chi connectivity index (χ1n) is 5.55. The minimum absolute atomic E-state index is 0.527. The van der Waals surface area contributed by atoms with E-state index in [1.807, 2.05) is 41.8 Å². The Balaban J connectivity index is 2.17. The zero-order valence-electron chi connectivity index (χ0n) is 9.21. The fourth-order valence-corrected chi connectivity index (χ4v) is 2.82. The Hall–Kier alpha value is -1.64. The van der Waals surface area contributed by atoms with Crippen LogP contribution in [0.15, 0.2) is 60.0 Å². The van der Waals surface area contributed by atoms with Crippen molar-refractivity contribution in [3.63, 3.8) is 0 Å². The van der Waals surface area contributed by atoms with Crippen LogP contribution in [0.3, 0.4) is 0 Å². The summed E-state index contributed by atoms with van der Waals surface area (Å²) in [5, 5.41) is 14.7. The van der Waals surface area contributed by atoms with Crippen LogP contribution in [0.4, 0.5) is 0 Å². The Morgan fingerprint density at radius 2 is 1.71 bits per heavy atom. The molecule has 0 fully saturated rings. The first kappa shape index (κ1) is 10.5. The van der Waals surface area contributed by atoms with Crippen molar-refractivity contribution in [3.8, 4) is 0 Å². The third kappa shape index (κ3) is 1.86. The van der Waals surface area contributed by atoms with E-state index in [9.17, 15) is 5.11 Å². The predicted octanol–water partition coefficient (Wildman–Crippen LogP) is 3.98. The van der Waals surface area contributed by atoms with Gasteiger partial charge in [0.25, 0.3) is 0 Å². The van der Waals surface area contributed by atoms with Crippen LogP contribution in [0.25, 0.3) is 10.8 Å². The maximum atomic E-state index is 10.4. The summed E-state index contributed by atoms with van der Waals surface area (Å²) in [5.74, 6) is 0. The van der Waals surface area contributed by atoms with Gasteiger partial charge < -0.3 is 5.11 Å². The molecule has 2 heteroatoms. The lowest BCUT2D eigenvalue weighted by Gasteiger charge is -2.12. The second-order valence-electron chi connectivity index (χ2n) is 3.99. The predicted molar refractivity (Wildman–Crippen MR) is 72.3 cm³/mol. The number of hydrogen-bond acceptors (Lipinski definition) is 2. The van der Waals surface area contributed by atoms with Crippen LogP contribution in [0.5, 0.6) is 0 Å². The largest absolute Gasteiger partial charge is 0.383 e. The molecule has 84 valence electrons. The van der Waals surface area contributed by atoms with Gasteiger partial charge in [-0.2, -0.15) is 0 Å². The van der Waals surface area contributed by atoms with Crippen molar-refractivity contribution in [2.75, 3.05) is 0 Å². The van der Waals surface area contributed by atoms with Crippen molar-refractivity contribution in [3.05, 3.63) is 70.4 Å². The van der Waals surface area contributed by atoms with Gasteiger partial charge in [0.1, 0.15) is 6.10 Å². The zero-order valence-corrected chi connectivity index (χ0v) is 10.0. The van der Waals surface area contributed by atoms with E-state index in [4.69, 9.17) is 0 Å². The van der Waals surface area contributed by atoms with Gasteiger partial charge >= 0.3 is 0 Å². The molecule has 0 saturated carbocycles. The van der Waals surface area contributed by atoms with Gasteiger partial charge in [-0.25, -0.2) is 0 Å². The third-order valence-corrected chi connectivity index (χ3v) is 3.86. The lowest BCUT2D eigenvalue weighted by Crippen LogP contribution is -1.97. The summed E-state index contributed by atoms with van der Waals surface area (Å²) in [7, 11) is 0. The molecule has 2 aromatic carbocycles. The van der Waals surface area contributed by atoms with E-state index in [0.29, 0.717) is 0 Å². The fourth-order valence-electron chi connectivity index (χ4n) is 2.09. The summed E-state index contributed by atoms with van der Waals surface area (Å²) < 4.78 is 0. The smallest absolute Gasteiger partial charge is 0.114 e. The number of fused-ring (bicyclic) bond motifs is 1. The zero-order chi connectivity index (χ0) is 11.7. The number of rotatable bonds is 2. The topological polar surface area (TPSA) is 20.2 Å². The normalized spacial score (nSPS) is 12.8. The van der Waals surface area contributed by atoms with Crippen molar-refractivity contribution in [2.24, 2.45) is 0 Å². The molecule has 1 atom stereocenters. The molecule has 1 aromatic heterocycles. The highest BCUT2D eigenvalue weighted by Gasteiger charge is 2.13. The van der Waals surface area contributed by atoms with E-state index in [1.54, 1.807) is 11.3 Å². The maximum Gasteiger partial charge on any atom is 0.114 e. The Morgan fingerprint density at radius 1 is 0.882 bits per heavy atom. The SMILES string of the molecule is O[C@@H](c1cccs1)c1cccc2ccccc12. The first-order valence-corrected chi connectivity index (χ1v) is 6.43. The average Bonchev–Trinajstić information content (AvgIpc) is 2.91. The lowest BCUT2D eigenvalue weighted by molar-refractivity contribution is 0.226. The van der Waals surface area contributed by atoms with Crippen LogP contribution in [-0.4, -0.2) is 5.11 Å². The Kier molecular flexibility index (Phi) is 2.67. The van der Waals surface area contributed by atoms with Crippen LogP contribution >= 0.6 is 11.3 Å². The number of aliphatic hydroxyl groups is 1. The molecule has 0 aliphatic heterocycles. The van der Waals surface area contributed by atoms with Crippen LogP contribution in [-0.2, 0) is 0 Å². The molecule has 0 spiro atoms. The summed E-state index contributed by atoms with van der Waals surface area (Å²) in [6, 6.07) is 18.1. The average molecular weight is 240 g/mol. The summed E-state index contributed by atoms with van der Waals surface area (Å²) in [5.41, 5.74) is 0.977. The van der Waals surface area contributed by atoms with Crippen molar-refractivity contribution >= 4 is 22.1 Å². The minimum atomic E-state index is -0.527. The van der Waals surface area contributed by atoms with Gasteiger partial charge in [0.2, 0.25) is 0 Å². The van der Waals surface area contributed by atoms with Crippen LogP contribution in [0.1, 0.15) is 16.5 Å². The monoisotopic (exact) mass is 240 g/mol. The summed E-state index contributed by atoms with van der Waals surface area (Å²) in [6.45, 7) is 0. The molecule has 0 aliphatic rings. The van der Waals surface area contributed by atoms with E-state index < -0.39 is 6.10 Å². The molecule has 1 N–H and O–H groups in total. The second-order valence-corrected chi connectivity index (χ2v) is 4.97. The standard InChI is InChI=1S/C15H12OS/c16-15(14-9-4-10-17-14)13-8-3-6-11-5-1-2-7-12(11)13/h1-10,15-16H/t15-/m1/s1. The van der Waals surface area contributed by atoms with Crippen LogP contribution < -0.4 is 0 Å². The van der Waals surface area contributed by atoms with Gasteiger partial charge in [0.15, 0.2) is 0 Å². The minimum Gasteiger partial charge on any atom is -0.383 e. The Labute approximate surface area is 104 Å². The van der Waals surface area contributed by atoms with Gasteiger partial charge in [-0.3, -0.25) is 0 Å². The van der Waals surface area contributed by atoms with Crippen molar-refractivity contribution < 1.29 is 5.11 Å². The quantitative estimate of drug-likeness (QED) is 0.718. The number of thiophene rings is 1. The summed E-state index contributed by atoms with van der Waals surface area (Å²) >= 11 is 1.58. The van der Waals surface area contributed by atoms with Gasteiger partial charge in [0, 0.05) is 4.88 Å². The van der Waals surface area contributed by atoms with Crippen molar-refractivity contribution in [1.82, 2.24) is 0 Å². The van der Waals surface area contributed by atoms with E-state index in [0.717, 1.165) is 15.8 Å². The van der Waals surface area contributed by atoms with Gasteiger partial charge in [0.05, 0.1) is 0 Å². The second kappa shape index (κ2) is 4.32. The van der Waals surface area contributed by atoms with Crippen molar-refractivity contribution in [1.29, 1.82) is 0 Å². The molecular weight excluding hydrogens is 228 g/mol. The highest BCUT2D eigenvalue weighted by Crippen LogP contribution is 2.30. The molecule has 0 unspecified atom stereocenters. The Morgan fingerprint density at radius 3 is 2.53 bits per heavy atom. The fraction of sp³-hybridized carbons (Fsp3) is 0.0667. The highest BCUT2D eigenvalue weighted by molar-refractivity contribution is 7.10. The van der Waals surface area contributed by atoms with E-state index in [-0.39, 0.29) is 0 Å². The molecule has 0 bridgehead atoms. The Bertz CT molecular complexity index is 623. The first-order chi connectivity index (χ1) is 8.36. The molecule has 0 amide bonds. The molecule has 3 rings (SSSR count). The number of hydrogen-bond donors (Lipinski definition) is 1. The van der Waals surface area contributed by atoms with Gasteiger partial charge in [-0.15, -0.1) is 11.3 Å². The maximum absolute atomic E-state index is 10.4. The number of aliphatic hydroxyl groups excluding tert-OH is 1. The molecule has 3 aromatic rings. The highest BCUT2D eigenvalue weighted by atomic mass is 32.1. The summed E-state index contributed by atoms with van der Waals surface area (Å²) in [6.07, 6.45) is -0.527. The molecule has 0 radical (unpaired) electrons. The molecular formula is C15H12OS.